The fraction of sp³-hybridized carbons (Fsp3) is 0.0870. The molecule has 1 aromatic heterocycles. The highest BCUT2D eigenvalue weighted by Gasteiger charge is 2.21. The van der Waals surface area contributed by atoms with Crippen LogP contribution in [0, 0.1) is 6.92 Å². The molecule has 1 heterocycles. The molecule has 0 aliphatic rings. The molecule has 0 saturated carbocycles. The van der Waals surface area contributed by atoms with Gasteiger partial charge in [-0.15, -0.1) is 0 Å². The van der Waals surface area contributed by atoms with Crippen molar-refractivity contribution in [3.05, 3.63) is 83.9 Å². The number of nitrogens with one attached hydrogen (secondary N) is 1. The number of hydrogen-bond donors (Lipinski definition) is 1. The molecule has 0 radical (unpaired) electrons. The minimum atomic E-state index is -4.02. The van der Waals surface area contributed by atoms with Gasteiger partial charge < -0.3 is 9.15 Å². The molecule has 4 rings (SSSR count). The number of methoxy groups -OCH3 is 1. The van der Waals surface area contributed by atoms with Gasteiger partial charge in [0.15, 0.2) is 0 Å². The summed E-state index contributed by atoms with van der Waals surface area (Å²) in [5.74, 6) is 0.505. The third kappa shape index (κ3) is 3.79. The molecule has 0 aliphatic heterocycles. The van der Waals surface area contributed by atoms with Crippen molar-refractivity contribution in [2.45, 2.75) is 11.8 Å². The molecule has 7 heteroatoms. The van der Waals surface area contributed by atoms with Crippen molar-refractivity contribution >= 4 is 26.9 Å². The molecule has 30 heavy (non-hydrogen) atoms. The Morgan fingerprint density at radius 2 is 1.70 bits per heavy atom. The van der Waals surface area contributed by atoms with Crippen molar-refractivity contribution in [1.82, 2.24) is 4.72 Å². The van der Waals surface area contributed by atoms with Gasteiger partial charge in [0.1, 0.15) is 17.1 Å². The minimum absolute atomic E-state index is 0.0237. The average Bonchev–Trinajstić information content (AvgIpc) is 3.17. The maximum Gasteiger partial charge on any atom is 0.264 e. The summed E-state index contributed by atoms with van der Waals surface area (Å²) >= 11 is 0. The van der Waals surface area contributed by atoms with E-state index < -0.39 is 15.9 Å². The van der Waals surface area contributed by atoms with Gasteiger partial charge in [-0.25, -0.2) is 13.1 Å². The Bertz CT molecular complexity index is 1300. The number of carbonyl (C=O) groups is 1. The first-order valence-corrected chi connectivity index (χ1v) is 10.7. The second kappa shape index (κ2) is 7.68. The van der Waals surface area contributed by atoms with E-state index in [4.69, 9.17) is 9.15 Å². The van der Waals surface area contributed by atoms with Gasteiger partial charge in [0.05, 0.1) is 12.0 Å². The second-order valence-corrected chi connectivity index (χ2v) is 8.44. The zero-order valence-electron chi connectivity index (χ0n) is 16.4. The van der Waals surface area contributed by atoms with Crippen molar-refractivity contribution in [3.63, 3.8) is 0 Å². The number of rotatable bonds is 5. The molecule has 4 aromatic rings. The van der Waals surface area contributed by atoms with Crippen LogP contribution in [0.25, 0.3) is 22.3 Å². The Balaban J connectivity index is 1.55. The molecular formula is C23H19NO5S. The number of ether oxygens (including phenoxy) is 1. The van der Waals surface area contributed by atoms with Crippen LogP contribution in [0.5, 0.6) is 5.75 Å². The first kappa shape index (κ1) is 19.7. The Labute approximate surface area is 174 Å². The van der Waals surface area contributed by atoms with Crippen molar-refractivity contribution in [1.29, 1.82) is 0 Å². The highest BCUT2D eigenvalue weighted by molar-refractivity contribution is 7.90. The number of sulfonamides is 1. The number of hydrogen-bond acceptors (Lipinski definition) is 5. The second-order valence-electron chi connectivity index (χ2n) is 6.79. The Morgan fingerprint density at radius 1 is 0.967 bits per heavy atom. The maximum absolute atomic E-state index is 12.6. The number of fused-ring (bicyclic) bond motifs is 1. The van der Waals surface area contributed by atoms with Crippen LogP contribution in [0.2, 0.25) is 0 Å². The molecule has 0 atom stereocenters. The van der Waals surface area contributed by atoms with E-state index in [0.29, 0.717) is 17.1 Å². The zero-order valence-corrected chi connectivity index (χ0v) is 17.2. The molecule has 0 unspecified atom stereocenters. The number of para-hydroxylation sites is 1. The first-order valence-electron chi connectivity index (χ1n) is 9.18. The summed E-state index contributed by atoms with van der Waals surface area (Å²) in [5, 5.41) is 0.982. The number of aryl methyl sites for hydroxylation is 1. The Hall–Kier alpha value is -3.58. The SMILES string of the molecule is COc1ccc(S(=O)(=O)NC(=O)c2ccc(-c3cc4ccccc4o3)cc2)c(C)c1. The minimum Gasteiger partial charge on any atom is -0.497 e. The molecule has 0 saturated heterocycles. The van der Waals surface area contributed by atoms with E-state index in [1.165, 1.54) is 19.2 Å². The lowest BCUT2D eigenvalue weighted by Gasteiger charge is -2.11. The van der Waals surface area contributed by atoms with Gasteiger partial charge >= 0.3 is 0 Å². The number of furan rings is 1. The molecule has 1 N–H and O–H groups in total. The third-order valence-corrected chi connectivity index (χ3v) is 6.25. The van der Waals surface area contributed by atoms with E-state index in [1.54, 1.807) is 37.3 Å². The van der Waals surface area contributed by atoms with Crippen molar-refractivity contribution < 1.29 is 22.4 Å². The third-order valence-electron chi connectivity index (χ3n) is 4.76. The van der Waals surface area contributed by atoms with E-state index in [-0.39, 0.29) is 10.5 Å². The Kier molecular flexibility index (Phi) is 5.05. The highest BCUT2D eigenvalue weighted by Crippen LogP contribution is 2.28. The van der Waals surface area contributed by atoms with Crippen molar-refractivity contribution in [2.75, 3.05) is 7.11 Å². The lowest BCUT2D eigenvalue weighted by molar-refractivity contribution is 0.0981. The van der Waals surface area contributed by atoms with E-state index >= 15 is 0 Å². The molecule has 6 nitrogen and oxygen atoms in total. The van der Waals surface area contributed by atoms with Crippen LogP contribution in [0.4, 0.5) is 0 Å². The molecule has 0 aliphatic carbocycles. The highest BCUT2D eigenvalue weighted by atomic mass is 32.2. The number of amides is 1. The first-order chi connectivity index (χ1) is 14.4. The number of carbonyl (C=O) groups excluding carboxylic acids is 1. The lowest BCUT2D eigenvalue weighted by Crippen LogP contribution is -2.31. The summed E-state index contributed by atoms with van der Waals surface area (Å²) in [6, 6.07) is 20.7. The smallest absolute Gasteiger partial charge is 0.264 e. The fourth-order valence-electron chi connectivity index (χ4n) is 3.20. The van der Waals surface area contributed by atoms with E-state index in [0.717, 1.165) is 16.5 Å². The van der Waals surface area contributed by atoms with Crippen LogP contribution >= 0.6 is 0 Å². The summed E-state index contributed by atoms with van der Waals surface area (Å²) in [6.07, 6.45) is 0. The van der Waals surface area contributed by atoms with Gasteiger partial charge in [0, 0.05) is 16.5 Å². The van der Waals surface area contributed by atoms with E-state index in [9.17, 15) is 13.2 Å². The largest absolute Gasteiger partial charge is 0.497 e. The van der Waals surface area contributed by atoms with Crippen LogP contribution in [0.3, 0.4) is 0 Å². The predicted molar refractivity (Wildman–Crippen MR) is 114 cm³/mol. The average molecular weight is 421 g/mol. The molecule has 0 spiro atoms. The molecule has 152 valence electrons. The predicted octanol–water partition coefficient (Wildman–Crippen LogP) is 4.54. The summed E-state index contributed by atoms with van der Waals surface area (Å²) in [5.41, 5.74) is 2.27. The van der Waals surface area contributed by atoms with Crippen LogP contribution in [-0.2, 0) is 10.0 Å². The van der Waals surface area contributed by atoms with Gasteiger partial charge in [-0.3, -0.25) is 4.79 Å². The molecule has 0 fully saturated rings. The summed E-state index contributed by atoms with van der Waals surface area (Å²) in [7, 11) is -2.52. The molecular weight excluding hydrogens is 402 g/mol. The summed E-state index contributed by atoms with van der Waals surface area (Å²) in [6.45, 7) is 1.64. The topological polar surface area (TPSA) is 85.6 Å². The maximum atomic E-state index is 12.6. The quantitative estimate of drug-likeness (QED) is 0.511. The Morgan fingerprint density at radius 3 is 2.37 bits per heavy atom. The van der Waals surface area contributed by atoms with Crippen LogP contribution in [0.15, 0.2) is 82.1 Å². The monoisotopic (exact) mass is 421 g/mol. The van der Waals surface area contributed by atoms with Gasteiger partial charge in [-0.05, 0) is 55.0 Å². The van der Waals surface area contributed by atoms with Gasteiger partial charge in [0.25, 0.3) is 15.9 Å². The molecule has 1 amide bonds. The van der Waals surface area contributed by atoms with Crippen molar-refractivity contribution in [3.8, 4) is 17.1 Å². The van der Waals surface area contributed by atoms with Gasteiger partial charge in [-0.2, -0.15) is 0 Å². The van der Waals surface area contributed by atoms with E-state index in [1.807, 2.05) is 30.3 Å². The standard InChI is InChI=1S/C23H19NO5S/c1-15-13-19(28-2)11-12-22(15)30(26,27)24-23(25)17-9-7-16(8-10-17)21-14-18-5-3-4-6-20(18)29-21/h3-14H,1-2H3,(H,24,25). The fourth-order valence-corrected chi connectivity index (χ4v) is 4.40. The van der Waals surface area contributed by atoms with Crippen LogP contribution < -0.4 is 9.46 Å². The number of benzene rings is 3. The lowest BCUT2D eigenvalue weighted by atomic mass is 10.1. The summed E-state index contributed by atoms with van der Waals surface area (Å²) < 4.78 is 38.3. The zero-order chi connectivity index (χ0) is 21.3. The summed E-state index contributed by atoms with van der Waals surface area (Å²) in [4.78, 5) is 12.5. The van der Waals surface area contributed by atoms with Crippen molar-refractivity contribution in [2.24, 2.45) is 0 Å². The normalized spacial score (nSPS) is 11.4. The van der Waals surface area contributed by atoms with Gasteiger partial charge in [0.2, 0.25) is 0 Å². The van der Waals surface area contributed by atoms with Crippen LogP contribution in [0.1, 0.15) is 15.9 Å². The van der Waals surface area contributed by atoms with E-state index in [2.05, 4.69) is 4.72 Å². The molecule has 3 aromatic carbocycles. The molecule has 0 bridgehead atoms. The van der Waals surface area contributed by atoms with Gasteiger partial charge in [-0.1, -0.05) is 30.3 Å². The van der Waals surface area contributed by atoms with Crippen LogP contribution in [-0.4, -0.2) is 21.4 Å².